The highest BCUT2D eigenvalue weighted by molar-refractivity contribution is 5.27. The van der Waals surface area contributed by atoms with Crippen LogP contribution in [-0.2, 0) is 12.1 Å². The van der Waals surface area contributed by atoms with E-state index in [1.807, 2.05) is 0 Å². The van der Waals surface area contributed by atoms with Gasteiger partial charge in [0.25, 0.3) is 0 Å². The van der Waals surface area contributed by atoms with E-state index >= 15 is 0 Å². The standard InChI is InChI=1S/C13H14F2N6O/c1-2-12(19-20-16)13(22,6-21-8-17-7-18-21)10-4-3-9(14)5-11(10)15/h3-5,7-8,12,22H,2,6H2,1H3. The third-order valence-corrected chi connectivity index (χ3v) is 3.40. The zero-order chi connectivity index (χ0) is 16.2. The molecule has 9 heteroatoms. The Morgan fingerprint density at radius 1 is 1.50 bits per heavy atom. The van der Waals surface area contributed by atoms with E-state index in [0.29, 0.717) is 6.07 Å². The quantitative estimate of drug-likeness (QED) is 0.504. The molecule has 0 saturated heterocycles. The number of aromatic nitrogens is 3. The molecule has 1 heterocycles. The summed E-state index contributed by atoms with van der Waals surface area (Å²) in [6.07, 6.45) is 2.86. The molecule has 1 aromatic carbocycles. The molecule has 22 heavy (non-hydrogen) atoms. The second-order valence-electron chi connectivity index (χ2n) is 4.77. The van der Waals surface area contributed by atoms with E-state index < -0.39 is 23.3 Å². The first-order valence-corrected chi connectivity index (χ1v) is 6.55. The maximum Gasteiger partial charge on any atom is 0.137 e. The first-order valence-electron chi connectivity index (χ1n) is 6.55. The van der Waals surface area contributed by atoms with Crippen LogP contribution in [0.3, 0.4) is 0 Å². The summed E-state index contributed by atoms with van der Waals surface area (Å²) in [6.45, 7) is 1.50. The van der Waals surface area contributed by atoms with Crippen LogP contribution in [0.4, 0.5) is 8.78 Å². The topological polar surface area (TPSA) is 99.7 Å². The third-order valence-electron chi connectivity index (χ3n) is 3.40. The number of azide groups is 1. The summed E-state index contributed by atoms with van der Waals surface area (Å²) in [5.41, 5.74) is 6.63. The van der Waals surface area contributed by atoms with E-state index in [0.717, 1.165) is 12.1 Å². The molecule has 0 radical (unpaired) electrons. The molecule has 0 fully saturated rings. The van der Waals surface area contributed by atoms with Gasteiger partial charge in [-0.25, -0.2) is 18.4 Å². The Hall–Kier alpha value is -2.51. The van der Waals surface area contributed by atoms with Gasteiger partial charge in [-0.1, -0.05) is 18.1 Å². The monoisotopic (exact) mass is 308 g/mol. The van der Waals surface area contributed by atoms with Gasteiger partial charge in [-0.05, 0) is 18.0 Å². The molecule has 0 aliphatic rings. The smallest absolute Gasteiger partial charge is 0.137 e. The SMILES string of the molecule is CCC(N=[N+]=[N-])C(O)(Cn1cncn1)c1ccc(F)cc1F. The van der Waals surface area contributed by atoms with Gasteiger partial charge in [0, 0.05) is 16.5 Å². The number of aliphatic hydroxyl groups is 1. The van der Waals surface area contributed by atoms with Gasteiger partial charge in [0.05, 0.1) is 12.6 Å². The molecule has 2 aromatic rings. The molecule has 1 N–H and O–H groups in total. The van der Waals surface area contributed by atoms with E-state index in [9.17, 15) is 13.9 Å². The Labute approximate surface area is 124 Å². The van der Waals surface area contributed by atoms with Crippen molar-refractivity contribution < 1.29 is 13.9 Å². The number of nitrogens with zero attached hydrogens (tertiary/aromatic N) is 6. The molecule has 2 unspecified atom stereocenters. The maximum atomic E-state index is 14.1. The van der Waals surface area contributed by atoms with Crippen LogP contribution in [0.2, 0.25) is 0 Å². The Morgan fingerprint density at radius 3 is 2.82 bits per heavy atom. The van der Waals surface area contributed by atoms with Crippen LogP contribution in [0, 0.1) is 11.6 Å². The van der Waals surface area contributed by atoms with Crippen LogP contribution < -0.4 is 0 Å². The van der Waals surface area contributed by atoms with Crippen molar-refractivity contribution in [1.82, 2.24) is 14.8 Å². The summed E-state index contributed by atoms with van der Waals surface area (Å²) in [7, 11) is 0. The molecule has 0 amide bonds. The van der Waals surface area contributed by atoms with Crippen molar-refractivity contribution >= 4 is 0 Å². The molecule has 1 aromatic heterocycles. The van der Waals surface area contributed by atoms with Gasteiger partial charge in [0.15, 0.2) is 0 Å². The number of halogens is 2. The third kappa shape index (κ3) is 3.05. The van der Waals surface area contributed by atoms with Gasteiger partial charge in [-0.3, -0.25) is 0 Å². The maximum absolute atomic E-state index is 14.1. The molecular formula is C13H14F2N6O. The van der Waals surface area contributed by atoms with Crippen molar-refractivity contribution in [2.45, 2.75) is 31.5 Å². The van der Waals surface area contributed by atoms with E-state index in [1.165, 1.54) is 17.3 Å². The first kappa shape index (κ1) is 15.9. The molecule has 0 spiro atoms. The molecule has 2 rings (SSSR count). The van der Waals surface area contributed by atoms with E-state index in [4.69, 9.17) is 5.53 Å². The average Bonchev–Trinajstić information content (AvgIpc) is 2.97. The molecule has 2 atom stereocenters. The lowest BCUT2D eigenvalue weighted by Crippen LogP contribution is -2.43. The van der Waals surface area contributed by atoms with Crippen molar-refractivity contribution in [2.24, 2.45) is 5.11 Å². The van der Waals surface area contributed by atoms with Gasteiger partial charge >= 0.3 is 0 Å². The fraction of sp³-hybridized carbons (Fsp3) is 0.385. The predicted molar refractivity (Wildman–Crippen MR) is 73.5 cm³/mol. The minimum atomic E-state index is -1.88. The molecular weight excluding hydrogens is 294 g/mol. The summed E-state index contributed by atoms with van der Waals surface area (Å²) in [6, 6.07) is 1.89. The van der Waals surface area contributed by atoms with Crippen LogP contribution in [0.15, 0.2) is 36.0 Å². The summed E-state index contributed by atoms with van der Waals surface area (Å²) < 4.78 is 28.5. The Bertz CT molecular complexity index is 686. The van der Waals surface area contributed by atoms with Crippen LogP contribution in [0.1, 0.15) is 18.9 Å². The summed E-state index contributed by atoms with van der Waals surface area (Å²) in [5.74, 6) is -1.68. The number of rotatable bonds is 6. The van der Waals surface area contributed by atoms with Crippen LogP contribution in [0.5, 0.6) is 0 Å². The van der Waals surface area contributed by atoms with Gasteiger partial charge in [-0.2, -0.15) is 5.10 Å². The Kier molecular flexibility index (Phi) is 4.69. The zero-order valence-electron chi connectivity index (χ0n) is 11.8. The van der Waals surface area contributed by atoms with Crippen molar-refractivity contribution in [3.63, 3.8) is 0 Å². The minimum absolute atomic E-state index is 0.163. The van der Waals surface area contributed by atoms with Crippen molar-refractivity contribution in [2.75, 3.05) is 0 Å². The van der Waals surface area contributed by atoms with Crippen LogP contribution in [0.25, 0.3) is 10.4 Å². The Balaban J connectivity index is 2.54. The van der Waals surface area contributed by atoms with Crippen molar-refractivity contribution in [3.05, 3.63) is 58.5 Å². The van der Waals surface area contributed by atoms with Gasteiger partial charge in [0.1, 0.15) is 29.9 Å². The van der Waals surface area contributed by atoms with E-state index in [1.54, 1.807) is 6.92 Å². The zero-order valence-corrected chi connectivity index (χ0v) is 11.8. The minimum Gasteiger partial charge on any atom is -0.383 e. The Morgan fingerprint density at radius 2 is 2.27 bits per heavy atom. The van der Waals surface area contributed by atoms with Crippen molar-refractivity contribution in [1.29, 1.82) is 0 Å². The average molecular weight is 308 g/mol. The fourth-order valence-electron chi connectivity index (χ4n) is 2.35. The lowest BCUT2D eigenvalue weighted by Gasteiger charge is -2.33. The van der Waals surface area contributed by atoms with Gasteiger partial charge < -0.3 is 5.11 Å². The largest absolute Gasteiger partial charge is 0.383 e. The summed E-state index contributed by atoms with van der Waals surface area (Å²) >= 11 is 0. The lowest BCUT2D eigenvalue weighted by molar-refractivity contribution is -0.0146. The van der Waals surface area contributed by atoms with Crippen LogP contribution >= 0.6 is 0 Å². The van der Waals surface area contributed by atoms with Crippen LogP contribution in [-0.4, -0.2) is 25.9 Å². The number of hydrogen-bond donors (Lipinski definition) is 1. The van der Waals surface area contributed by atoms with Gasteiger partial charge in [0.2, 0.25) is 0 Å². The molecule has 0 saturated carbocycles. The number of hydrogen-bond acceptors (Lipinski definition) is 4. The highest BCUT2D eigenvalue weighted by atomic mass is 19.1. The predicted octanol–water partition coefficient (Wildman–Crippen LogP) is 2.53. The molecule has 0 aliphatic carbocycles. The molecule has 116 valence electrons. The normalized spacial score (nSPS) is 14.9. The fourth-order valence-corrected chi connectivity index (χ4v) is 2.35. The highest BCUT2D eigenvalue weighted by Gasteiger charge is 2.40. The lowest BCUT2D eigenvalue weighted by atomic mass is 9.84. The molecule has 0 bridgehead atoms. The highest BCUT2D eigenvalue weighted by Crippen LogP contribution is 2.33. The van der Waals surface area contributed by atoms with E-state index in [-0.39, 0.29) is 18.5 Å². The number of benzene rings is 1. The van der Waals surface area contributed by atoms with Crippen molar-refractivity contribution in [3.8, 4) is 0 Å². The second kappa shape index (κ2) is 6.50. The summed E-state index contributed by atoms with van der Waals surface area (Å²) in [4.78, 5) is 6.45. The summed E-state index contributed by atoms with van der Waals surface area (Å²) in [5, 5.41) is 18.4. The first-order chi connectivity index (χ1) is 10.5. The molecule has 0 aliphatic heterocycles. The molecule has 7 nitrogen and oxygen atoms in total. The second-order valence-corrected chi connectivity index (χ2v) is 4.77. The van der Waals surface area contributed by atoms with Gasteiger partial charge in [-0.15, -0.1) is 0 Å². The van der Waals surface area contributed by atoms with E-state index in [2.05, 4.69) is 20.1 Å².